The normalized spacial score (nSPS) is 11.5. The van der Waals surface area contributed by atoms with E-state index in [9.17, 15) is 9.59 Å². The summed E-state index contributed by atoms with van der Waals surface area (Å²) in [7, 11) is 0. The zero-order chi connectivity index (χ0) is 23.0. The van der Waals surface area contributed by atoms with Gasteiger partial charge in [0.25, 0.3) is 5.91 Å². The Labute approximate surface area is 194 Å². The van der Waals surface area contributed by atoms with Gasteiger partial charge in [0, 0.05) is 18.5 Å². The number of rotatable bonds is 8. The van der Waals surface area contributed by atoms with Gasteiger partial charge in [-0.25, -0.2) is 0 Å². The van der Waals surface area contributed by atoms with Crippen LogP contribution in [0, 0.1) is 0 Å². The lowest BCUT2D eigenvalue weighted by atomic mass is 9.97. The van der Waals surface area contributed by atoms with E-state index in [1.807, 2.05) is 115 Å². The summed E-state index contributed by atoms with van der Waals surface area (Å²) < 4.78 is 0. The van der Waals surface area contributed by atoms with Crippen LogP contribution in [-0.4, -0.2) is 22.8 Å². The summed E-state index contributed by atoms with van der Waals surface area (Å²) in [5.74, 6) is -0.752. The Morgan fingerprint density at radius 2 is 1.18 bits per heavy atom. The minimum absolute atomic E-state index is 0.224. The second-order valence-electron chi connectivity index (χ2n) is 7.94. The highest BCUT2D eigenvalue weighted by molar-refractivity contribution is 6.02. The van der Waals surface area contributed by atoms with Crippen LogP contribution in [0.25, 0.3) is 11.1 Å². The quantitative estimate of drug-likeness (QED) is 0.420. The molecule has 0 unspecified atom stereocenters. The Morgan fingerprint density at radius 1 is 0.667 bits per heavy atom. The van der Waals surface area contributed by atoms with Crippen molar-refractivity contribution in [1.29, 1.82) is 0 Å². The SMILES string of the molecule is NC(=O)[C@H](Cc1ccccc1)N(Cc1ccccc1)C(=O)c1ccccc1-c1ccccc1. The molecule has 2 amide bonds. The first kappa shape index (κ1) is 22.0. The van der Waals surface area contributed by atoms with Crippen LogP contribution in [0.15, 0.2) is 115 Å². The Kier molecular flexibility index (Phi) is 6.96. The Morgan fingerprint density at radius 3 is 1.79 bits per heavy atom. The summed E-state index contributed by atoms with van der Waals surface area (Å²) in [6, 6.07) is 35.8. The van der Waals surface area contributed by atoms with Gasteiger partial charge in [0.05, 0.1) is 0 Å². The lowest BCUT2D eigenvalue weighted by molar-refractivity contribution is -0.122. The van der Waals surface area contributed by atoms with Crippen LogP contribution in [0.4, 0.5) is 0 Å². The first-order valence-electron chi connectivity index (χ1n) is 11.0. The Bertz CT molecular complexity index is 1210. The number of primary amides is 1. The van der Waals surface area contributed by atoms with E-state index >= 15 is 0 Å². The summed E-state index contributed by atoms with van der Waals surface area (Å²) in [4.78, 5) is 28.3. The molecule has 4 heteroatoms. The summed E-state index contributed by atoms with van der Waals surface area (Å²) in [5, 5.41) is 0. The molecular weight excluding hydrogens is 408 g/mol. The lowest BCUT2D eigenvalue weighted by Gasteiger charge is -2.31. The Balaban J connectivity index is 1.76. The van der Waals surface area contributed by atoms with E-state index in [-0.39, 0.29) is 12.5 Å². The van der Waals surface area contributed by atoms with Gasteiger partial charge >= 0.3 is 0 Å². The van der Waals surface area contributed by atoms with Crippen molar-refractivity contribution in [3.05, 3.63) is 132 Å². The number of hydrogen-bond acceptors (Lipinski definition) is 2. The van der Waals surface area contributed by atoms with Crippen LogP contribution in [0.5, 0.6) is 0 Å². The molecule has 1 atom stereocenters. The molecule has 0 aromatic heterocycles. The molecule has 0 saturated heterocycles. The third kappa shape index (κ3) is 5.36. The number of carbonyl (C=O) groups is 2. The van der Waals surface area contributed by atoms with Crippen LogP contribution in [0.2, 0.25) is 0 Å². The van der Waals surface area contributed by atoms with Gasteiger partial charge in [0.2, 0.25) is 5.91 Å². The predicted molar refractivity (Wildman–Crippen MR) is 131 cm³/mol. The van der Waals surface area contributed by atoms with Crippen molar-refractivity contribution in [2.45, 2.75) is 19.0 Å². The number of amides is 2. The maximum Gasteiger partial charge on any atom is 0.255 e. The van der Waals surface area contributed by atoms with E-state index in [4.69, 9.17) is 5.73 Å². The second-order valence-corrected chi connectivity index (χ2v) is 7.94. The summed E-state index contributed by atoms with van der Waals surface area (Å²) >= 11 is 0. The molecule has 0 heterocycles. The highest BCUT2D eigenvalue weighted by atomic mass is 16.2. The summed E-state index contributed by atoms with van der Waals surface area (Å²) in [5.41, 5.74) is 10.1. The van der Waals surface area contributed by atoms with Crippen LogP contribution in [0.3, 0.4) is 0 Å². The molecule has 33 heavy (non-hydrogen) atoms. The molecule has 0 bridgehead atoms. The fourth-order valence-electron chi connectivity index (χ4n) is 4.00. The first-order chi connectivity index (χ1) is 16.1. The van der Waals surface area contributed by atoms with Gasteiger partial charge in [0.1, 0.15) is 6.04 Å². The van der Waals surface area contributed by atoms with Crippen molar-refractivity contribution >= 4 is 11.8 Å². The third-order valence-corrected chi connectivity index (χ3v) is 5.68. The van der Waals surface area contributed by atoms with Gasteiger partial charge in [0.15, 0.2) is 0 Å². The van der Waals surface area contributed by atoms with Gasteiger partial charge in [-0.3, -0.25) is 9.59 Å². The van der Waals surface area contributed by atoms with Crippen LogP contribution in [0.1, 0.15) is 21.5 Å². The topological polar surface area (TPSA) is 63.4 Å². The molecular formula is C29H26N2O2. The average molecular weight is 435 g/mol. The first-order valence-corrected chi connectivity index (χ1v) is 11.0. The summed E-state index contributed by atoms with van der Waals surface area (Å²) in [6.07, 6.45) is 0.349. The molecule has 0 saturated carbocycles. The molecule has 4 nitrogen and oxygen atoms in total. The minimum atomic E-state index is -0.788. The van der Waals surface area contributed by atoms with Gasteiger partial charge in [-0.1, -0.05) is 109 Å². The molecule has 0 aliphatic rings. The Hall–Kier alpha value is -4.18. The van der Waals surface area contributed by atoms with Crippen molar-refractivity contribution in [3.8, 4) is 11.1 Å². The van der Waals surface area contributed by atoms with E-state index < -0.39 is 11.9 Å². The van der Waals surface area contributed by atoms with Gasteiger partial charge < -0.3 is 10.6 Å². The monoisotopic (exact) mass is 434 g/mol. The molecule has 0 fully saturated rings. The van der Waals surface area contributed by atoms with Gasteiger partial charge in [-0.05, 0) is 28.3 Å². The van der Waals surface area contributed by atoms with Gasteiger partial charge in [-0.15, -0.1) is 0 Å². The smallest absolute Gasteiger partial charge is 0.255 e. The van der Waals surface area contributed by atoms with Crippen molar-refractivity contribution in [2.24, 2.45) is 5.73 Å². The molecule has 0 radical (unpaired) electrons. The van der Waals surface area contributed by atoms with Crippen molar-refractivity contribution < 1.29 is 9.59 Å². The zero-order valence-corrected chi connectivity index (χ0v) is 18.3. The number of nitrogens with two attached hydrogens (primary N) is 1. The van der Waals surface area contributed by atoms with Crippen LogP contribution in [-0.2, 0) is 17.8 Å². The third-order valence-electron chi connectivity index (χ3n) is 5.68. The average Bonchev–Trinajstić information content (AvgIpc) is 2.87. The fourth-order valence-corrected chi connectivity index (χ4v) is 4.00. The van der Waals surface area contributed by atoms with Crippen molar-refractivity contribution in [3.63, 3.8) is 0 Å². The van der Waals surface area contributed by atoms with Gasteiger partial charge in [-0.2, -0.15) is 0 Å². The predicted octanol–water partition coefficient (Wildman–Crippen LogP) is 5.09. The molecule has 4 rings (SSSR count). The highest BCUT2D eigenvalue weighted by Gasteiger charge is 2.30. The lowest BCUT2D eigenvalue weighted by Crippen LogP contribution is -2.49. The molecule has 0 aliphatic heterocycles. The number of hydrogen-bond donors (Lipinski definition) is 1. The molecule has 0 aliphatic carbocycles. The molecule has 2 N–H and O–H groups in total. The van der Waals surface area contributed by atoms with E-state index in [0.29, 0.717) is 12.0 Å². The number of nitrogens with zero attached hydrogens (tertiary/aromatic N) is 1. The molecule has 0 spiro atoms. The second kappa shape index (κ2) is 10.4. The summed E-state index contributed by atoms with van der Waals surface area (Å²) in [6.45, 7) is 0.281. The van der Waals surface area contributed by atoms with Crippen molar-refractivity contribution in [1.82, 2.24) is 4.90 Å². The molecule has 4 aromatic carbocycles. The maximum atomic E-state index is 14.0. The minimum Gasteiger partial charge on any atom is -0.368 e. The number of carbonyl (C=O) groups excluding carboxylic acids is 2. The van der Waals surface area contributed by atoms with E-state index in [1.54, 1.807) is 4.90 Å². The van der Waals surface area contributed by atoms with Crippen LogP contribution < -0.4 is 5.73 Å². The standard InChI is InChI=1S/C29H26N2O2/c30-28(32)27(20-22-12-4-1-5-13-22)31(21-23-14-6-2-7-15-23)29(33)26-19-11-10-18-25(26)24-16-8-3-9-17-24/h1-19,27H,20-21H2,(H2,30,32)/t27-/m0/s1. The molecule has 4 aromatic rings. The van der Waals surface area contributed by atoms with Crippen LogP contribution >= 0.6 is 0 Å². The van der Waals surface area contributed by atoms with E-state index in [0.717, 1.165) is 22.3 Å². The van der Waals surface area contributed by atoms with E-state index in [2.05, 4.69) is 0 Å². The largest absolute Gasteiger partial charge is 0.368 e. The number of benzene rings is 4. The fraction of sp³-hybridized carbons (Fsp3) is 0.103. The van der Waals surface area contributed by atoms with E-state index in [1.165, 1.54) is 0 Å². The highest BCUT2D eigenvalue weighted by Crippen LogP contribution is 2.26. The maximum absolute atomic E-state index is 14.0. The van der Waals surface area contributed by atoms with Crippen molar-refractivity contribution in [2.75, 3.05) is 0 Å². The molecule has 164 valence electrons. The zero-order valence-electron chi connectivity index (χ0n) is 18.3.